The predicted octanol–water partition coefficient (Wildman–Crippen LogP) is 7.86. The van der Waals surface area contributed by atoms with Crippen LogP contribution in [0.1, 0.15) is 91.9 Å². The zero-order valence-corrected chi connectivity index (χ0v) is 25.6. The molecular weight excluding hydrogens is 500 g/mol. The molecular formula is C35H54O5. The second-order valence-corrected chi connectivity index (χ2v) is 11.8. The van der Waals surface area contributed by atoms with Crippen LogP contribution in [0, 0.1) is 17.8 Å². The molecule has 7 atom stereocenters. The van der Waals surface area contributed by atoms with Crippen LogP contribution in [0.25, 0.3) is 0 Å². The van der Waals surface area contributed by atoms with Gasteiger partial charge in [0.15, 0.2) is 5.94 Å². The third-order valence-electron chi connectivity index (χ3n) is 8.24. The molecule has 0 amide bonds. The summed E-state index contributed by atoms with van der Waals surface area (Å²) >= 11 is 0. The molecule has 1 heterocycles. The number of rotatable bonds is 18. The zero-order chi connectivity index (χ0) is 29.3. The first-order chi connectivity index (χ1) is 19.3. The Balaban J connectivity index is 1.88. The summed E-state index contributed by atoms with van der Waals surface area (Å²) in [6, 6.07) is 0. The van der Waals surface area contributed by atoms with Crippen LogP contribution < -0.4 is 0 Å². The molecule has 2 rings (SSSR count). The van der Waals surface area contributed by atoms with Crippen molar-refractivity contribution in [1.29, 1.82) is 0 Å². The molecule has 224 valence electrons. The average molecular weight is 555 g/mol. The summed E-state index contributed by atoms with van der Waals surface area (Å²) in [5, 5.41) is 10.8. The SMILES string of the molecule is C=C(CC(C)CC1CC=CCC1CC)CC(O)CCCC(OC(=C=O)/C=C\C)C(/C=C/C1CC(C)=CCO1)OC. The normalized spacial score (nSPS) is 24.4. The van der Waals surface area contributed by atoms with Gasteiger partial charge in [0.25, 0.3) is 0 Å². The quantitative estimate of drug-likeness (QED) is 0.0809. The van der Waals surface area contributed by atoms with E-state index in [1.54, 1.807) is 19.3 Å². The van der Waals surface area contributed by atoms with Crippen LogP contribution in [0.2, 0.25) is 0 Å². The number of methoxy groups -OCH3 is 1. The van der Waals surface area contributed by atoms with Crippen LogP contribution in [0.15, 0.2) is 66.0 Å². The van der Waals surface area contributed by atoms with Gasteiger partial charge in [0.1, 0.15) is 12.2 Å². The van der Waals surface area contributed by atoms with Gasteiger partial charge in [0.05, 0.1) is 18.8 Å². The van der Waals surface area contributed by atoms with Crippen molar-refractivity contribution in [3.8, 4) is 0 Å². The van der Waals surface area contributed by atoms with Gasteiger partial charge >= 0.3 is 0 Å². The molecule has 0 saturated carbocycles. The Labute approximate surface area is 243 Å². The average Bonchev–Trinajstić information content (AvgIpc) is 2.92. The van der Waals surface area contributed by atoms with E-state index in [2.05, 4.69) is 45.6 Å². The van der Waals surface area contributed by atoms with E-state index in [0.717, 1.165) is 36.7 Å². The van der Waals surface area contributed by atoms with Crippen molar-refractivity contribution in [2.45, 2.75) is 116 Å². The maximum absolute atomic E-state index is 11.5. The van der Waals surface area contributed by atoms with Crippen molar-refractivity contribution >= 4 is 5.94 Å². The molecule has 0 saturated heterocycles. The number of aliphatic hydroxyl groups excluding tert-OH is 1. The summed E-state index contributed by atoms with van der Waals surface area (Å²) in [4.78, 5) is 11.5. The molecule has 1 aliphatic heterocycles. The van der Waals surface area contributed by atoms with Gasteiger partial charge in [-0.15, -0.1) is 0 Å². The highest BCUT2D eigenvalue weighted by atomic mass is 16.5. The lowest BCUT2D eigenvalue weighted by molar-refractivity contribution is -0.00710. The van der Waals surface area contributed by atoms with E-state index in [4.69, 9.17) is 14.2 Å². The van der Waals surface area contributed by atoms with Crippen LogP contribution >= 0.6 is 0 Å². The lowest BCUT2D eigenvalue weighted by Gasteiger charge is -2.30. The minimum atomic E-state index is -0.445. The third-order valence-corrected chi connectivity index (χ3v) is 8.24. The molecule has 2 aliphatic rings. The van der Waals surface area contributed by atoms with Crippen molar-refractivity contribution in [3.05, 3.63) is 66.0 Å². The molecule has 0 spiro atoms. The van der Waals surface area contributed by atoms with Gasteiger partial charge in [-0.3, -0.25) is 0 Å². The van der Waals surface area contributed by atoms with Crippen LogP contribution in [-0.2, 0) is 19.0 Å². The number of allylic oxidation sites excluding steroid dienone is 4. The topological polar surface area (TPSA) is 65.0 Å². The van der Waals surface area contributed by atoms with Gasteiger partial charge in [0, 0.05) is 7.11 Å². The molecule has 7 unspecified atom stereocenters. The van der Waals surface area contributed by atoms with E-state index in [-0.39, 0.29) is 24.1 Å². The minimum absolute atomic E-state index is 0.00224. The fraction of sp³-hybridized carbons (Fsp3) is 0.657. The summed E-state index contributed by atoms with van der Waals surface area (Å²) in [6.45, 7) is 13.5. The van der Waals surface area contributed by atoms with E-state index < -0.39 is 6.10 Å². The van der Waals surface area contributed by atoms with Crippen LogP contribution in [0.5, 0.6) is 0 Å². The summed E-state index contributed by atoms with van der Waals surface area (Å²) in [7, 11) is 1.64. The summed E-state index contributed by atoms with van der Waals surface area (Å²) in [5.74, 6) is 4.17. The van der Waals surface area contributed by atoms with Crippen molar-refractivity contribution in [2.75, 3.05) is 13.7 Å². The molecule has 0 aromatic rings. The predicted molar refractivity (Wildman–Crippen MR) is 165 cm³/mol. The van der Waals surface area contributed by atoms with E-state index in [1.165, 1.54) is 31.3 Å². The molecule has 40 heavy (non-hydrogen) atoms. The molecule has 0 fully saturated rings. The maximum Gasteiger partial charge on any atom is 0.203 e. The van der Waals surface area contributed by atoms with Crippen molar-refractivity contribution in [1.82, 2.24) is 0 Å². The van der Waals surface area contributed by atoms with Crippen LogP contribution in [-0.4, -0.2) is 49.2 Å². The first-order valence-corrected chi connectivity index (χ1v) is 15.3. The molecule has 0 aromatic carbocycles. The Kier molecular flexibility index (Phi) is 16.2. The zero-order valence-electron chi connectivity index (χ0n) is 25.6. The van der Waals surface area contributed by atoms with Gasteiger partial charge in [0.2, 0.25) is 5.76 Å². The molecule has 0 radical (unpaired) electrons. The molecule has 1 N–H and O–H groups in total. The van der Waals surface area contributed by atoms with Gasteiger partial charge in [-0.25, -0.2) is 4.79 Å². The largest absolute Gasteiger partial charge is 0.477 e. The Bertz CT molecular complexity index is 922. The van der Waals surface area contributed by atoms with Crippen molar-refractivity contribution in [2.24, 2.45) is 17.8 Å². The van der Waals surface area contributed by atoms with E-state index in [0.29, 0.717) is 31.8 Å². The fourth-order valence-electron chi connectivity index (χ4n) is 6.07. The van der Waals surface area contributed by atoms with Crippen molar-refractivity contribution in [3.63, 3.8) is 0 Å². The molecule has 0 bridgehead atoms. The van der Waals surface area contributed by atoms with E-state index >= 15 is 0 Å². The van der Waals surface area contributed by atoms with Crippen LogP contribution in [0.4, 0.5) is 0 Å². The highest BCUT2D eigenvalue weighted by Gasteiger charge is 2.25. The van der Waals surface area contributed by atoms with Gasteiger partial charge in [-0.1, -0.05) is 74.4 Å². The molecule has 5 heteroatoms. The van der Waals surface area contributed by atoms with Gasteiger partial charge in [-0.2, -0.15) is 0 Å². The van der Waals surface area contributed by atoms with E-state index in [1.807, 2.05) is 25.0 Å². The van der Waals surface area contributed by atoms with Crippen LogP contribution in [0.3, 0.4) is 0 Å². The third kappa shape index (κ3) is 12.6. The maximum atomic E-state index is 11.5. The van der Waals surface area contributed by atoms with E-state index in [9.17, 15) is 9.90 Å². The molecule has 5 nitrogen and oxygen atoms in total. The number of aliphatic hydroxyl groups is 1. The van der Waals surface area contributed by atoms with Gasteiger partial charge < -0.3 is 19.3 Å². The molecule has 1 aliphatic carbocycles. The highest BCUT2D eigenvalue weighted by molar-refractivity contribution is 5.53. The monoisotopic (exact) mass is 554 g/mol. The second kappa shape index (κ2) is 19.0. The second-order valence-electron chi connectivity index (χ2n) is 11.8. The number of hydrogen-bond donors (Lipinski definition) is 1. The standard InChI is InChI=1S/C35H54O5/c1-7-12-33(25-36)40-35(34(38-6)18-17-32-24-26(3)19-20-39-32)16-11-15-31(37)23-28(5)21-27(4)22-30-14-10-9-13-29(30)8-2/h7,9-10,12,17-19,27,29-32,34-35,37H,5,8,11,13-16,20-24H2,1-4,6H3/b12-7-,18-17+. The first kappa shape index (κ1) is 34.0. The number of ether oxygens (including phenoxy) is 3. The Morgan fingerprint density at radius 3 is 2.65 bits per heavy atom. The summed E-state index contributed by atoms with van der Waals surface area (Å²) < 4.78 is 17.6. The Morgan fingerprint density at radius 2 is 2.00 bits per heavy atom. The summed E-state index contributed by atoms with van der Waals surface area (Å²) in [6.07, 6.45) is 22.2. The number of hydrogen-bond acceptors (Lipinski definition) is 5. The first-order valence-electron chi connectivity index (χ1n) is 15.3. The van der Waals surface area contributed by atoms with Gasteiger partial charge in [-0.05, 0) is 95.5 Å². The Morgan fingerprint density at radius 1 is 1.25 bits per heavy atom. The lowest BCUT2D eigenvalue weighted by Crippen LogP contribution is -2.30. The fourth-order valence-corrected chi connectivity index (χ4v) is 6.07. The molecule has 0 aromatic heterocycles. The highest BCUT2D eigenvalue weighted by Crippen LogP contribution is 2.34. The number of carbonyl (C=O) groups excluding carboxylic acids is 1. The lowest BCUT2D eigenvalue weighted by atomic mass is 9.76. The Hall–Kier alpha value is -2.17. The minimum Gasteiger partial charge on any atom is -0.477 e. The van der Waals surface area contributed by atoms with Crippen molar-refractivity contribution < 1.29 is 24.1 Å². The summed E-state index contributed by atoms with van der Waals surface area (Å²) in [5.41, 5.74) is 2.43. The smallest absolute Gasteiger partial charge is 0.203 e.